The lowest BCUT2D eigenvalue weighted by Gasteiger charge is -2.22. The first-order chi connectivity index (χ1) is 9.08. The van der Waals surface area contributed by atoms with Gasteiger partial charge in [-0.15, -0.1) is 0 Å². The van der Waals surface area contributed by atoms with Crippen LogP contribution in [-0.4, -0.2) is 43.2 Å². The van der Waals surface area contributed by atoms with Crippen LogP contribution < -0.4 is 5.32 Å². The van der Waals surface area contributed by atoms with Crippen LogP contribution >= 0.6 is 0 Å². The molecule has 0 saturated heterocycles. The number of fused-ring (bicyclic) bond motifs is 1. The predicted octanol–water partition coefficient (Wildman–Crippen LogP) is 1.91. The number of nitrogens with zero attached hydrogens (tertiary/aromatic N) is 1. The number of nitrogens with one attached hydrogen (secondary N) is 1. The van der Waals surface area contributed by atoms with Crippen LogP contribution in [0.4, 0.5) is 5.69 Å². The monoisotopic (exact) mass is 262 g/mol. The molecule has 0 saturated carbocycles. The molecule has 0 aromatic heterocycles. The number of ether oxygens (including phenoxy) is 1. The van der Waals surface area contributed by atoms with Crippen molar-refractivity contribution in [2.45, 2.75) is 32.4 Å². The zero-order valence-corrected chi connectivity index (χ0v) is 11.8. The van der Waals surface area contributed by atoms with Gasteiger partial charge in [-0.3, -0.25) is 4.79 Å². The predicted molar refractivity (Wildman–Crippen MR) is 76.3 cm³/mol. The van der Waals surface area contributed by atoms with Crippen molar-refractivity contribution >= 4 is 11.6 Å². The third-order valence-electron chi connectivity index (χ3n) is 3.32. The van der Waals surface area contributed by atoms with Gasteiger partial charge in [0.05, 0.1) is 12.7 Å². The molecular formula is C15H22N2O2. The fourth-order valence-corrected chi connectivity index (χ4v) is 2.25. The highest BCUT2D eigenvalue weighted by atomic mass is 16.5. The van der Waals surface area contributed by atoms with E-state index in [0.717, 1.165) is 12.1 Å². The summed E-state index contributed by atoms with van der Waals surface area (Å²) in [5.74, 6) is 0.128. The molecule has 4 heteroatoms. The van der Waals surface area contributed by atoms with Gasteiger partial charge in [0.2, 0.25) is 5.91 Å². The summed E-state index contributed by atoms with van der Waals surface area (Å²) in [6.07, 6.45) is 0.974. The molecule has 0 radical (unpaired) electrons. The molecule has 0 bridgehead atoms. The van der Waals surface area contributed by atoms with Gasteiger partial charge in [-0.2, -0.15) is 0 Å². The molecule has 4 nitrogen and oxygen atoms in total. The zero-order chi connectivity index (χ0) is 13.8. The number of likely N-dealkylation sites (N-methyl/N-ethyl adjacent to an activating group) is 1. The number of hydrogen-bond donors (Lipinski definition) is 1. The van der Waals surface area contributed by atoms with Crippen molar-refractivity contribution in [3.63, 3.8) is 0 Å². The Hall–Kier alpha value is -1.55. The van der Waals surface area contributed by atoms with E-state index in [0.29, 0.717) is 13.2 Å². The molecule has 2 rings (SSSR count). The molecule has 0 spiro atoms. The Kier molecular flexibility index (Phi) is 4.43. The maximum Gasteiger partial charge on any atom is 0.245 e. The molecule has 1 aromatic rings. The summed E-state index contributed by atoms with van der Waals surface area (Å²) in [5, 5.41) is 3.28. The van der Waals surface area contributed by atoms with Crippen LogP contribution in [0.3, 0.4) is 0 Å². The summed E-state index contributed by atoms with van der Waals surface area (Å²) < 4.78 is 5.47. The number of rotatable bonds is 5. The Labute approximate surface area is 114 Å². The smallest absolute Gasteiger partial charge is 0.245 e. The Morgan fingerprint density at radius 3 is 2.89 bits per heavy atom. The van der Waals surface area contributed by atoms with E-state index >= 15 is 0 Å². The number of benzene rings is 1. The third kappa shape index (κ3) is 3.47. The van der Waals surface area contributed by atoms with Crippen molar-refractivity contribution in [1.29, 1.82) is 0 Å². The standard InChI is InChI=1S/C15H22N2O2/c1-11(2)19-9-8-17(3)15(18)14-10-12-6-4-5-7-13(12)16-14/h4-7,11,14,16H,8-10H2,1-3H3. The van der Waals surface area contributed by atoms with E-state index in [1.165, 1.54) is 5.56 Å². The lowest BCUT2D eigenvalue weighted by atomic mass is 10.1. The average molecular weight is 262 g/mol. The van der Waals surface area contributed by atoms with E-state index < -0.39 is 0 Å². The summed E-state index contributed by atoms with van der Waals surface area (Å²) in [4.78, 5) is 14.0. The van der Waals surface area contributed by atoms with E-state index in [4.69, 9.17) is 4.74 Å². The van der Waals surface area contributed by atoms with Gasteiger partial charge >= 0.3 is 0 Å². The molecule has 1 unspecified atom stereocenters. The summed E-state index contributed by atoms with van der Waals surface area (Å²) in [6.45, 7) is 5.21. The van der Waals surface area contributed by atoms with Gasteiger partial charge < -0.3 is 15.0 Å². The zero-order valence-electron chi connectivity index (χ0n) is 11.8. The highest BCUT2D eigenvalue weighted by Gasteiger charge is 2.28. The molecule has 1 aliphatic heterocycles. The van der Waals surface area contributed by atoms with Gasteiger partial charge in [-0.05, 0) is 25.5 Å². The van der Waals surface area contributed by atoms with Gasteiger partial charge in [0, 0.05) is 25.7 Å². The summed E-state index contributed by atoms with van der Waals surface area (Å²) in [5.41, 5.74) is 2.29. The van der Waals surface area contributed by atoms with Crippen LogP contribution in [0.25, 0.3) is 0 Å². The van der Waals surface area contributed by atoms with Crippen LogP contribution in [0, 0.1) is 0 Å². The molecular weight excluding hydrogens is 240 g/mol. The minimum absolute atomic E-state index is 0.128. The van der Waals surface area contributed by atoms with Crippen molar-refractivity contribution in [2.75, 3.05) is 25.5 Å². The van der Waals surface area contributed by atoms with Crippen molar-refractivity contribution < 1.29 is 9.53 Å². The Morgan fingerprint density at radius 2 is 2.21 bits per heavy atom. The van der Waals surface area contributed by atoms with Crippen LogP contribution in [0.2, 0.25) is 0 Å². The van der Waals surface area contributed by atoms with Crippen molar-refractivity contribution in [2.24, 2.45) is 0 Å². The molecule has 1 aliphatic rings. The second-order valence-electron chi connectivity index (χ2n) is 5.24. The second-order valence-corrected chi connectivity index (χ2v) is 5.24. The topological polar surface area (TPSA) is 41.6 Å². The number of para-hydroxylation sites is 1. The third-order valence-corrected chi connectivity index (χ3v) is 3.32. The Morgan fingerprint density at radius 1 is 1.47 bits per heavy atom. The van der Waals surface area contributed by atoms with E-state index in [1.807, 2.05) is 39.1 Å². The Bertz CT molecular complexity index is 421. The van der Waals surface area contributed by atoms with Gasteiger partial charge in [-0.1, -0.05) is 18.2 Å². The summed E-state index contributed by atoms with van der Waals surface area (Å²) in [7, 11) is 1.83. The molecule has 1 N–H and O–H groups in total. The molecule has 19 heavy (non-hydrogen) atoms. The highest BCUT2D eigenvalue weighted by Crippen LogP contribution is 2.25. The van der Waals surface area contributed by atoms with Gasteiger partial charge in [0.15, 0.2) is 0 Å². The van der Waals surface area contributed by atoms with Crippen LogP contribution in [0.1, 0.15) is 19.4 Å². The fraction of sp³-hybridized carbons (Fsp3) is 0.533. The summed E-state index contributed by atoms with van der Waals surface area (Å²) in [6, 6.07) is 7.94. The number of anilines is 1. The molecule has 0 aliphatic carbocycles. The number of hydrogen-bond acceptors (Lipinski definition) is 3. The quantitative estimate of drug-likeness (QED) is 0.881. The Balaban J connectivity index is 1.85. The van der Waals surface area contributed by atoms with E-state index in [2.05, 4.69) is 11.4 Å². The van der Waals surface area contributed by atoms with Crippen molar-refractivity contribution in [3.8, 4) is 0 Å². The first-order valence-corrected chi connectivity index (χ1v) is 6.79. The molecule has 1 atom stereocenters. The van der Waals surface area contributed by atoms with Gasteiger partial charge in [0.25, 0.3) is 0 Å². The second kappa shape index (κ2) is 6.06. The maximum absolute atomic E-state index is 12.3. The van der Waals surface area contributed by atoms with E-state index in [1.54, 1.807) is 4.90 Å². The number of carbonyl (C=O) groups is 1. The normalized spacial score (nSPS) is 17.2. The lowest BCUT2D eigenvalue weighted by Crippen LogP contribution is -2.41. The minimum Gasteiger partial charge on any atom is -0.377 e. The first kappa shape index (κ1) is 13.9. The van der Waals surface area contributed by atoms with E-state index in [-0.39, 0.29) is 18.1 Å². The fourth-order valence-electron chi connectivity index (χ4n) is 2.25. The maximum atomic E-state index is 12.3. The van der Waals surface area contributed by atoms with Gasteiger partial charge in [0.1, 0.15) is 6.04 Å². The van der Waals surface area contributed by atoms with E-state index in [9.17, 15) is 4.79 Å². The highest BCUT2D eigenvalue weighted by molar-refractivity contribution is 5.87. The number of amides is 1. The van der Waals surface area contributed by atoms with Crippen LogP contribution in [0.5, 0.6) is 0 Å². The first-order valence-electron chi connectivity index (χ1n) is 6.79. The van der Waals surface area contributed by atoms with Crippen LogP contribution in [-0.2, 0) is 16.0 Å². The van der Waals surface area contributed by atoms with Crippen LogP contribution in [0.15, 0.2) is 24.3 Å². The summed E-state index contributed by atoms with van der Waals surface area (Å²) >= 11 is 0. The molecule has 1 aromatic carbocycles. The lowest BCUT2D eigenvalue weighted by molar-refractivity contribution is -0.131. The molecule has 1 amide bonds. The molecule has 1 heterocycles. The minimum atomic E-state index is -0.138. The van der Waals surface area contributed by atoms with Crippen molar-refractivity contribution in [1.82, 2.24) is 4.90 Å². The average Bonchev–Trinajstić information content (AvgIpc) is 2.80. The molecule has 104 valence electrons. The molecule has 0 fully saturated rings. The SMILES string of the molecule is CC(C)OCCN(C)C(=O)C1Cc2ccccc2N1. The van der Waals surface area contributed by atoms with Crippen molar-refractivity contribution in [3.05, 3.63) is 29.8 Å². The van der Waals surface area contributed by atoms with Gasteiger partial charge in [-0.25, -0.2) is 0 Å². The largest absolute Gasteiger partial charge is 0.377 e. The number of carbonyl (C=O) groups excluding carboxylic acids is 1.